The summed E-state index contributed by atoms with van der Waals surface area (Å²) < 4.78 is 5.30. The molecule has 3 heteroatoms. The van der Waals surface area contributed by atoms with Gasteiger partial charge < -0.3 is 9.64 Å². The topological polar surface area (TPSA) is 29.5 Å². The molecule has 1 atom stereocenters. The Balaban J connectivity index is 1.80. The first kappa shape index (κ1) is 10.9. The molecule has 15 heavy (non-hydrogen) atoms. The van der Waals surface area contributed by atoms with Gasteiger partial charge in [0.25, 0.3) is 0 Å². The van der Waals surface area contributed by atoms with Gasteiger partial charge in [-0.05, 0) is 31.6 Å². The summed E-state index contributed by atoms with van der Waals surface area (Å²) in [6.07, 6.45) is 5.27. The van der Waals surface area contributed by atoms with Gasteiger partial charge in [-0.3, -0.25) is 4.79 Å². The summed E-state index contributed by atoms with van der Waals surface area (Å²) in [4.78, 5) is 14.1. The lowest BCUT2D eigenvalue weighted by molar-refractivity contribution is -0.132. The van der Waals surface area contributed by atoms with Crippen molar-refractivity contribution in [2.75, 3.05) is 19.8 Å². The summed E-state index contributed by atoms with van der Waals surface area (Å²) in [5.41, 5.74) is 0. The van der Waals surface area contributed by atoms with Crippen LogP contribution in [-0.2, 0) is 9.53 Å². The van der Waals surface area contributed by atoms with E-state index in [1.165, 1.54) is 12.8 Å². The van der Waals surface area contributed by atoms with Crippen molar-refractivity contribution in [1.82, 2.24) is 4.90 Å². The van der Waals surface area contributed by atoms with Crippen LogP contribution in [0.15, 0.2) is 0 Å². The van der Waals surface area contributed by atoms with E-state index in [9.17, 15) is 4.79 Å². The van der Waals surface area contributed by atoms with Crippen molar-refractivity contribution in [2.24, 2.45) is 5.92 Å². The van der Waals surface area contributed by atoms with Gasteiger partial charge >= 0.3 is 0 Å². The standard InChI is InChI=1S/C12H21NO2/c1-2-6-13(11-3-4-11)12(14)8-10-5-7-15-9-10/h10-11H,2-9H2,1H3. The number of carbonyl (C=O) groups is 1. The van der Waals surface area contributed by atoms with Crippen LogP contribution in [0.4, 0.5) is 0 Å². The van der Waals surface area contributed by atoms with Crippen molar-refractivity contribution >= 4 is 5.91 Å². The molecule has 1 amide bonds. The largest absolute Gasteiger partial charge is 0.381 e. The number of hydrogen-bond donors (Lipinski definition) is 0. The van der Waals surface area contributed by atoms with E-state index in [1.54, 1.807) is 0 Å². The van der Waals surface area contributed by atoms with Gasteiger partial charge in [-0.1, -0.05) is 6.92 Å². The van der Waals surface area contributed by atoms with Gasteiger partial charge in [-0.25, -0.2) is 0 Å². The minimum atomic E-state index is 0.356. The molecule has 1 aliphatic heterocycles. The Hall–Kier alpha value is -0.570. The molecule has 2 fully saturated rings. The summed E-state index contributed by atoms with van der Waals surface area (Å²) in [6.45, 7) is 4.71. The molecule has 1 saturated carbocycles. The summed E-state index contributed by atoms with van der Waals surface area (Å²) in [7, 11) is 0. The summed E-state index contributed by atoms with van der Waals surface area (Å²) in [5.74, 6) is 0.838. The lowest BCUT2D eigenvalue weighted by atomic mass is 10.0. The predicted molar refractivity (Wildman–Crippen MR) is 58.6 cm³/mol. The second-order valence-corrected chi connectivity index (χ2v) is 4.75. The summed E-state index contributed by atoms with van der Waals surface area (Å²) in [6, 6.07) is 0.569. The van der Waals surface area contributed by atoms with E-state index < -0.39 is 0 Å². The van der Waals surface area contributed by atoms with Gasteiger partial charge in [-0.2, -0.15) is 0 Å². The average Bonchev–Trinajstić information content (AvgIpc) is 2.93. The third kappa shape index (κ3) is 2.94. The number of nitrogens with zero attached hydrogens (tertiary/aromatic N) is 1. The molecule has 0 N–H and O–H groups in total. The highest BCUT2D eigenvalue weighted by Gasteiger charge is 2.33. The zero-order valence-corrected chi connectivity index (χ0v) is 9.58. The van der Waals surface area contributed by atoms with Crippen molar-refractivity contribution < 1.29 is 9.53 Å². The fourth-order valence-corrected chi connectivity index (χ4v) is 2.25. The van der Waals surface area contributed by atoms with Crippen LogP contribution in [0.2, 0.25) is 0 Å². The Morgan fingerprint density at radius 1 is 1.40 bits per heavy atom. The molecule has 2 aliphatic rings. The normalized spacial score (nSPS) is 25.5. The van der Waals surface area contributed by atoms with E-state index in [2.05, 4.69) is 11.8 Å². The maximum atomic E-state index is 12.0. The number of carbonyl (C=O) groups excluding carboxylic acids is 1. The molecule has 1 unspecified atom stereocenters. The van der Waals surface area contributed by atoms with Crippen LogP contribution < -0.4 is 0 Å². The lowest BCUT2D eigenvalue weighted by Gasteiger charge is -2.23. The van der Waals surface area contributed by atoms with Crippen molar-refractivity contribution in [3.05, 3.63) is 0 Å². The van der Waals surface area contributed by atoms with Crippen molar-refractivity contribution in [3.63, 3.8) is 0 Å². The molecule has 1 aliphatic carbocycles. The first-order valence-electron chi connectivity index (χ1n) is 6.18. The Morgan fingerprint density at radius 2 is 2.20 bits per heavy atom. The molecule has 0 aromatic rings. The molecular formula is C12H21NO2. The van der Waals surface area contributed by atoms with E-state index in [1.807, 2.05) is 0 Å². The maximum Gasteiger partial charge on any atom is 0.223 e. The molecule has 1 saturated heterocycles. The molecule has 0 aromatic carbocycles. The Labute approximate surface area is 91.8 Å². The first-order chi connectivity index (χ1) is 7.31. The van der Waals surface area contributed by atoms with Crippen LogP contribution >= 0.6 is 0 Å². The van der Waals surface area contributed by atoms with Crippen molar-refractivity contribution in [3.8, 4) is 0 Å². The second kappa shape index (κ2) is 4.97. The van der Waals surface area contributed by atoms with Gasteiger partial charge in [0.1, 0.15) is 0 Å². The number of ether oxygens (including phenoxy) is 1. The van der Waals surface area contributed by atoms with E-state index >= 15 is 0 Å². The maximum absolute atomic E-state index is 12.0. The number of rotatable bonds is 5. The minimum Gasteiger partial charge on any atom is -0.381 e. The van der Waals surface area contributed by atoms with E-state index in [-0.39, 0.29) is 0 Å². The number of amides is 1. The first-order valence-corrected chi connectivity index (χ1v) is 6.18. The smallest absolute Gasteiger partial charge is 0.223 e. The second-order valence-electron chi connectivity index (χ2n) is 4.75. The molecule has 0 aromatic heterocycles. The Morgan fingerprint density at radius 3 is 2.73 bits per heavy atom. The zero-order valence-electron chi connectivity index (χ0n) is 9.58. The van der Waals surface area contributed by atoms with Gasteiger partial charge in [0, 0.05) is 32.2 Å². The Bertz CT molecular complexity index is 220. The Kier molecular flexibility index (Phi) is 3.62. The molecule has 0 radical (unpaired) electrons. The van der Waals surface area contributed by atoms with E-state index in [4.69, 9.17) is 4.74 Å². The van der Waals surface area contributed by atoms with Crippen LogP contribution in [0.1, 0.15) is 39.0 Å². The minimum absolute atomic E-state index is 0.356. The average molecular weight is 211 g/mol. The van der Waals surface area contributed by atoms with Crippen LogP contribution in [0, 0.1) is 5.92 Å². The lowest BCUT2D eigenvalue weighted by Crippen LogP contribution is -2.35. The monoisotopic (exact) mass is 211 g/mol. The van der Waals surface area contributed by atoms with Crippen molar-refractivity contribution in [1.29, 1.82) is 0 Å². The zero-order chi connectivity index (χ0) is 10.7. The van der Waals surface area contributed by atoms with Crippen molar-refractivity contribution in [2.45, 2.75) is 45.1 Å². The molecule has 86 valence electrons. The highest BCUT2D eigenvalue weighted by Crippen LogP contribution is 2.29. The third-order valence-electron chi connectivity index (χ3n) is 3.26. The highest BCUT2D eigenvalue weighted by atomic mass is 16.5. The van der Waals surface area contributed by atoms with Gasteiger partial charge in [0.05, 0.1) is 0 Å². The van der Waals surface area contributed by atoms with Crippen LogP contribution in [0.5, 0.6) is 0 Å². The molecular weight excluding hydrogens is 190 g/mol. The predicted octanol–water partition coefficient (Wildman–Crippen LogP) is 1.81. The molecule has 0 spiro atoms. The SMILES string of the molecule is CCCN(C(=O)CC1CCOC1)C1CC1. The van der Waals surface area contributed by atoms with Gasteiger partial charge in [0.2, 0.25) is 5.91 Å². The quantitative estimate of drug-likeness (QED) is 0.694. The fraction of sp³-hybridized carbons (Fsp3) is 0.917. The van der Waals surface area contributed by atoms with Crippen LogP contribution in [0.25, 0.3) is 0 Å². The third-order valence-corrected chi connectivity index (χ3v) is 3.26. The van der Waals surface area contributed by atoms with Gasteiger partial charge in [-0.15, -0.1) is 0 Å². The number of hydrogen-bond acceptors (Lipinski definition) is 2. The summed E-state index contributed by atoms with van der Waals surface area (Å²) >= 11 is 0. The van der Waals surface area contributed by atoms with Crippen LogP contribution in [-0.4, -0.2) is 36.6 Å². The van der Waals surface area contributed by atoms with Crippen LogP contribution in [0.3, 0.4) is 0 Å². The fourth-order valence-electron chi connectivity index (χ4n) is 2.25. The highest BCUT2D eigenvalue weighted by molar-refractivity contribution is 5.77. The molecule has 1 heterocycles. The molecule has 3 nitrogen and oxygen atoms in total. The summed E-state index contributed by atoms with van der Waals surface area (Å²) in [5, 5.41) is 0. The van der Waals surface area contributed by atoms with E-state index in [0.717, 1.165) is 32.6 Å². The molecule has 0 bridgehead atoms. The van der Waals surface area contributed by atoms with E-state index in [0.29, 0.717) is 24.3 Å². The van der Waals surface area contributed by atoms with Gasteiger partial charge in [0.15, 0.2) is 0 Å². The molecule has 2 rings (SSSR count).